The van der Waals surface area contributed by atoms with Gasteiger partial charge in [-0.05, 0) is 70.7 Å². The zero-order valence-corrected chi connectivity index (χ0v) is 15.4. The first-order chi connectivity index (χ1) is 11.3. The highest BCUT2D eigenvalue weighted by Crippen LogP contribution is 2.49. The quantitative estimate of drug-likeness (QED) is 0.874. The first kappa shape index (κ1) is 17.2. The maximum absolute atomic E-state index is 12.7. The van der Waals surface area contributed by atoms with E-state index in [1.165, 1.54) is 5.56 Å². The van der Waals surface area contributed by atoms with Crippen molar-refractivity contribution in [2.24, 2.45) is 17.8 Å². The van der Waals surface area contributed by atoms with Crippen molar-refractivity contribution in [2.45, 2.75) is 46.6 Å². The van der Waals surface area contributed by atoms with Gasteiger partial charge in [-0.1, -0.05) is 19.1 Å². The Bertz CT molecular complexity index is 668. The summed E-state index contributed by atoms with van der Waals surface area (Å²) in [6.45, 7) is 12.3. The van der Waals surface area contributed by atoms with Crippen molar-refractivity contribution in [3.8, 4) is 0 Å². The molecule has 1 saturated heterocycles. The van der Waals surface area contributed by atoms with Crippen LogP contribution in [0.25, 0.3) is 6.08 Å². The molecule has 1 aliphatic carbocycles. The van der Waals surface area contributed by atoms with Crippen LogP contribution in [0, 0.1) is 31.6 Å². The smallest absolute Gasteiger partial charge is 0.224 e. The largest absolute Gasteiger partial charge is 0.345 e. The van der Waals surface area contributed by atoms with Crippen LogP contribution in [-0.4, -0.2) is 24.0 Å². The Kier molecular flexibility index (Phi) is 4.52. The number of amides is 1. The number of piperidine rings is 1. The van der Waals surface area contributed by atoms with Gasteiger partial charge in [0, 0.05) is 17.2 Å². The standard InChI is InChI=1S/C20H29N3O/c1-6-7-8-14-12(2)9-13(3)22-18(14)20(4,5)23-19(24)17-15-10-21-11-16(15)17/h7-9,15-17,21H,6,10-11H2,1-5H3,(H,23,24)/b8-7-. The van der Waals surface area contributed by atoms with Crippen molar-refractivity contribution >= 4 is 12.0 Å². The lowest BCUT2D eigenvalue weighted by molar-refractivity contribution is -0.124. The van der Waals surface area contributed by atoms with Crippen LogP contribution in [0.15, 0.2) is 12.1 Å². The summed E-state index contributed by atoms with van der Waals surface area (Å²) in [5, 5.41) is 6.62. The van der Waals surface area contributed by atoms with Crippen LogP contribution in [0.1, 0.15) is 49.7 Å². The predicted octanol–water partition coefficient (Wildman–Crippen LogP) is 2.94. The lowest BCUT2D eigenvalue weighted by atomic mass is 9.91. The molecule has 0 radical (unpaired) electrons. The summed E-state index contributed by atoms with van der Waals surface area (Å²) >= 11 is 0. The van der Waals surface area contributed by atoms with Crippen molar-refractivity contribution < 1.29 is 4.79 Å². The molecule has 0 bridgehead atoms. The average Bonchev–Trinajstić information content (AvgIpc) is 2.99. The van der Waals surface area contributed by atoms with E-state index in [9.17, 15) is 4.79 Å². The molecule has 3 rings (SSSR count). The van der Waals surface area contributed by atoms with E-state index in [0.29, 0.717) is 11.8 Å². The molecule has 130 valence electrons. The molecule has 4 heteroatoms. The first-order valence-electron chi connectivity index (χ1n) is 9.03. The van der Waals surface area contributed by atoms with Gasteiger partial charge < -0.3 is 10.6 Å². The molecule has 1 aromatic heterocycles. The molecule has 2 N–H and O–H groups in total. The van der Waals surface area contributed by atoms with Gasteiger partial charge in [-0.25, -0.2) is 0 Å². The zero-order valence-electron chi connectivity index (χ0n) is 15.4. The third-order valence-electron chi connectivity index (χ3n) is 5.34. The summed E-state index contributed by atoms with van der Waals surface area (Å²) in [6, 6.07) is 2.10. The Morgan fingerprint density at radius 2 is 2.04 bits per heavy atom. The normalized spacial score (nSPS) is 25.8. The lowest BCUT2D eigenvalue weighted by Crippen LogP contribution is -2.44. The number of hydrogen-bond acceptors (Lipinski definition) is 3. The van der Waals surface area contributed by atoms with E-state index in [1.54, 1.807) is 0 Å². The first-order valence-corrected chi connectivity index (χ1v) is 9.03. The number of carbonyl (C=O) groups is 1. The Morgan fingerprint density at radius 3 is 2.67 bits per heavy atom. The molecular formula is C20H29N3O. The third-order valence-corrected chi connectivity index (χ3v) is 5.34. The van der Waals surface area contributed by atoms with Crippen molar-refractivity contribution in [2.75, 3.05) is 13.1 Å². The van der Waals surface area contributed by atoms with Gasteiger partial charge in [0.1, 0.15) is 0 Å². The Labute approximate surface area is 145 Å². The van der Waals surface area contributed by atoms with E-state index in [2.05, 4.69) is 56.5 Å². The van der Waals surface area contributed by atoms with Gasteiger partial charge >= 0.3 is 0 Å². The van der Waals surface area contributed by atoms with Crippen LogP contribution in [0.5, 0.6) is 0 Å². The monoisotopic (exact) mass is 327 g/mol. The zero-order chi connectivity index (χ0) is 17.5. The minimum absolute atomic E-state index is 0.183. The van der Waals surface area contributed by atoms with Crippen molar-refractivity contribution in [1.29, 1.82) is 0 Å². The second-order valence-electron chi connectivity index (χ2n) is 7.78. The number of hydrogen-bond donors (Lipinski definition) is 2. The number of aryl methyl sites for hydroxylation is 2. The highest BCUT2D eigenvalue weighted by atomic mass is 16.2. The van der Waals surface area contributed by atoms with Crippen LogP contribution < -0.4 is 10.6 Å². The highest BCUT2D eigenvalue weighted by molar-refractivity contribution is 5.83. The molecule has 1 aromatic rings. The number of rotatable bonds is 5. The van der Waals surface area contributed by atoms with Gasteiger partial charge in [-0.2, -0.15) is 0 Å². The van der Waals surface area contributed by atoms with Gasteiger partial charge in [-0.3, -0.25) is 9.78 Å². The fraction of sp³-hybridized carbons (Fsp3) is 0.600. The SMILES string of the molecule is CC/C=C\c1c(C)cc(C)nc1C(C)(C)NC(=O)C1C2CNCC21. The van der Waals surface area contributed by atoms with Gasteiger partial charge in [-0.15, -0.1) is 0 Å². The van der Waals surface area contributed by atoms with E-state index in [0.717, 1.165) is 36.5 Å². The topological polar surface area (TPSA) is 54.0 Å². The van der Waals surface area contributed by atoms with Crippen LogP contribution >= 0.6 is 0 Å². The molecule has 1 amide bonds. The summed E-state index contributed by atoms with van der Waals surface area (Å²) in [6.07, 6.45) is 5.27. The van der Waals surface area contributed by atoms with Gasteiger partial charge in [0.15, 0.2) is 0 Å². The van der Waals surface area contributed by atoms with E-state index in [4.69, 9.17) is 4.98 Å². The van der Waals surface area contributed by atoms with Crippen LogP contribution in [0.3, 0.4) is 0 Å². The molecule has 0 aromatic carbocycles. The number of nitrogens with zero attached hydrogens (tertiary/aromatic N) is 1. The van der Waals surface area contributed by atoms with Gasteiger partial charge in [0.25, 0.3) is 0 Å². The number of pyridine rings is 1. The molecule has 4 nitrogen and oxygen atoms in total. The molecule has 2 aliphatic rings. The minimum atomic E-state index is -0.481. The summed E-state index contributed by atoms with van der Waals surface area (Å²) in [4.78, 5) is 17.5. The lowest BCUT2D eigenvalue weighted by Gasteiger charge is -2.29. The fourth-order valence-corrected chi connectivity index (χ4v) is 4.03. The molecule has 2 atom stereocenters. The van der Waals surface area contributed by atoms with E-state index in [1.807, 2.05) is 6.92 Å². The predicted molar refractivity (Wildman–Crippen MR) is 97.5 cm³/mol. The number of fused-ring (bicyclic) bond motifs is 1. The Balaban J connectivity index is 1.85. The highest BCUT2D eigenvalue weighted by Gasteiger charge is 2.57. The number of carbonyl (C=O) groups excluding carboxylic acids is 1. The maximum atomic E-state index is 12.7. The van der Waals surface area contributed by atoms with Crippen molar-refractivity contribution in [3.63, 3.8) is 0 Å². The summed E-state index contributed by atoms with van der Waals surface area (Å²) in [5.74, 6) is 1.44. The van der Waals surface area contributed by atoms with E-state index >= 15 is 0 Å². The second-order valence-corrected chi connectivity index (χ2v) is 7.78. The number of aromatic nitrogens is 1. The summed E-state index contributed by atoms with van der Waals surface area (Å²) in [5.41, 5.74) is 3.81. The molecule has 2 heterocycles. The number of allylic oxidation sites excluding steroid dienone is 1. The van der Waals surface area contributed by atoms with E-state index in [-0.39, 0.29) is 11.8 Å². The Hall–Kier alpha value is -1.68. The molecule has 24 heavy (non-hydrogen) atoms. The summed E-state index contributed by atoms with van der Waals surface area (Å²) in [7, 11) is 0. The van der Waals surface area contributed by atoms with E-state index < -0.39 is 5.54 Å². The summed E-state index contributed by atoms with van der Waals surface area (Å²) < 4.78 is 0. The minimum Gasteiger partial charge on any atom is -0.345 e. The molecule has 1 saturated carbocycles. The average molecular weight is 327 g/mol. The molecular weight excluding hydrogens is 298 g/mol. The van der Waals surface area contributed by atoms with Crippen LogP contribution in [-0.2, 0) is 10.3 Å². The molecule has 1 aliphatic heterocycles. The fourth-order valence-electron chi connectivity index (χ4n) is 4.03. The molecule has 0 spiro atoms. The van der Waals surface area contributed by atoms with Crippen LogP contribution in [0.2, 0.25) is 0 Å². The Morgan fingerprint density at radius 1 is 1.38 bits per heavy atom. The molecule has 2 unspecified atom stereocenters. The maximum Gasteiger partial charge on any atom is 0.224 e. The third kappa shape index (κ3) is 3.12. The van der Waals surface area contributed by atoms with Gasteiger partial charge in [0.05, 0.1) is 11.2 Å². The van der Waals surface area contributed by atoms with Gasteiger partial charge in [0.2, 0.25) is 5.91 Å². The van der Waals surface area contributed by atoms with Crippen LogP contribution in [0.4, 0.5) is 0 Å². The molecule has 2 fully saturated rings. The number of nitrogens with one attached hydrogen (secondary N) is 2. The second kappa shape index (κ2) is 6.32. The van der Waals surface area contributed by atoms with Crippen molar-refractivity contribution in [3.05, 3.63) is 34.7 Å². The van der Waals surface area contributed by atoms with Crippen molar-refractivity contribution in [1.82, 2.24) is 15.6 Å².